The number of nitrogens with zero attached hydrogens (tertiary/aromatic N) is 1. The Bertz CT molecular complexity index is 967. The van der Waals surface area contributed by atoms with Crippen LogP contribution < -0.4 is 4.74 Å². The molecule has 1 aromatic heterocycles. The van der Waals surface area contributed by atoms with Gasteiger partial charge in [-0.25, -0.2) is 4.98 Å². The molecule has 0 aliphatic carbocycles. The maximum Gasteiger partial charge on any atom is 0.138 e. The number of ether oxygens (including phenoxy) is 1. The zero-order valence-electron chi connectivity index (χ0n) is 13.7. The maximum atomic E-state index is 5.93. The van der Waals surface area contributed by atoms with Crippen molar-refractivity contribution in [2.75, 3.05) is 0 Å². The fourth-order valence-corrected chi connectivity index (χ4v) is 2.68. The molecule has 0 saturated heterocycles. The van der Waals surface area contributed by atoms with Crippen LogP contribution in [0.15, 0.2) is 66.7 Å². The van der Waals surface area contributed by atoms with Crippen LogP contribution in [0.1, 0.15) is 11.1 Å². The molecule has 0 unspecified atom stereocenters. The molecule has 1 N–H and O–H groups in total. The quantitative estimate of drug-likeness (QED) is 0.531. The Morgan fingerprint density at radius 2 is 1.54 bits per heavy atom. The third-order valence-electron chi connectivity index (χ3n) is 4.23. The minimum atomic E-state index is 0.818. The van der Waals surface area contributed by atoms with Crippen molar-refractivity contribution in [1.82, 2.24) is 9.97 Å². The molecule has 0 radical (unpaired) electrons. The number of imidazole rings is 1. The average Bonchev–Trinajstić information content (AvgIpc) is 3.03. The number of para-hydroxylation sites is 2. The second-order valence-corrected chi connectivity index (χ2v) is 5.98. The average molecular weight is 314 g/mol. The van der Waals surface area contributed by atoms with Gasteiger partial charge in [-0.1, -0.05) is 18.2 Å². The molecule has 24 heavy (non-hydrogen) atoms. The number of aryl methyl sites for hydroxylation is 2. The van der Waals surface area contributed by atoms with Crippen LogP contribution in [-0.4, -0.2) is 9.97 Å². The standard InChI is InChI=1S/C21H18N2O/c1-14-7-10-18(13-15(14)2)24-17-11-8-16(9-12-17)21-22-19-5-3-4-6-20(19)23-21/h3-13H,1-2H3,(H,22,23). The van der Waals surface area contributed by atoms with Gasteiger partial charge in [0.2, 0.25) is 0 Å². The van der Waals surface area contributed by atoms with Crippen molar-refractivity contribution in [2.24, 2.45) is 0 Å². The molecular weight excluding hydrogens is 296 g/mol. The first-order valence-electron chi connectivity index (χ1n) is 7.99. The van der Waals surface area contributed by atoms with E-state index >= 15 is 0 Å². The van der Waals surface area contributed by atoms with Crippen molar-refractivity contribution >= 4 is 11.0 Å². The molecule has 118 valence electrons. The lowest BCUT2D eigenvalue weighted by molar-refractivity contribution is 0.482. The number of nitrogens with one attached hydrogen (secondary N) is 1. The summed E-state index contributed by atoms with van der Waals surface area (Å²) in [5, 5.41) is 0. The van der Waals surface area contributed by atoms with Crippen LogP contribution in [0.4, 0.5) is 0 Å². The zero-order valence-corrected chi connectivity index (χ0v) is 13.7. The summed E-state index contributed by atoms with van der Waals surface area (Å²) in [6.45, 7) is 4.19. The van der Waals surface area contributed by atoms with Crippen LogP contribution in [0, 0.1) is 13.8 Å². The predicted molar refractivity (Wildman–Crippen MR) is 97.5 cm³/mol. The molecule has 3 heteroatoms. The summed E-state index contributed by atoms with van der Waals surface area (Å²) in [5.74, 6) is 2.54. The van der Waals surface area contributed by atoms with Gasteiger partial charge in [-0.05, 0) is 73.5 Å². The van der Waals surface area contributed by atoms with Crippen LogP contribution in [0.25, 0.3) is 22.4 Å². The first-order chi connectivity index (χ1) is 11.7. The van der Waals surface area contributed by atoms with E-state index < -0.39 is 0 Å². The smallest absolute Gasteiger partial charge is 0.138 e. The Hall–Kier alpha value is -3.07. The lowest BCUT2D eigenvalue weighted by Crippen LogP contribution is -1.87. The molecule has 0 bridgehead atoms. The molecule has 4 rings (SSSR count). The van der Waals surface area contributed by atoms with E-state index in [2.05, 4.69) is 35.9 Å². The highest BCUT2D eigenvalue weighted by molar-refractivity contribution is 5.79. The summed E-state index contributed by atoms with van der Waals surface area (Å²) in [7, 11) is 0. The minimum Gasteiger partial charge on any atom is -0.457 e. The molecule has 0 fully saturated rings. The topological polar surface area (TPSA) is 37.9 Å². The van der Waals surface area contributed by atoms with Crippen molar-refractivity contribution in [1.29, 1.82) is 0 Å². The molecule has 3 aromatic carbocycles. The van der Waals surface area contributed by atoms with Crippen molar-refractivity contribution in [3.05, 3.63) is 77.9 Å². The second-order valence-electron chi connectivity index (χ2n) is 5.98. The van der Waals surface area contributed by atoms with Gasteiger partial charge < -0.3 is 9.72 Å². The zero-order chi connectivity index (χ0) is 16.5. The van der Waals surface area contributed by atoms with E-state index in [1.807, 2.05) is 54.6 Å². The number of rotatable bonds is 3. The number of fused-ring (bicyclic) bond motifs is 1. The highest BCUT2D eigenvalue weighted by Crippen LogP contribution is 2.27. The largest absolute Gasteiger partial charge is 0.457 e. The molecule has 0 spiro atoms. The molecule has 0 atom stereocenters. The van der Waals surface area contributed by atoms with E-state index in [0.29, 0.717) is 0 Å². The Morgan fingerprint density at radius 1 is 0.792 bits per heavy atom. The molecule has 3 nitrogen and oxygen atoms in total. The maximum absolute atomic E-state index is 5.93. The van der Waals surface area contributed by atoms with Gasteiger partial charge in [0.15, 0.2) is 0 Å². The Balaban J connectivity index is 1.58. The molecule has 0 saturated carbocycles. The predicted octanol–water partition coefficient (Wildman–Crippen LogP) is 5.64. The van der Waals surface area contributed by atoms with E-state index in [1.165, 1.54) is 11.1 Å². The monoisotopic (exact) mass is 314 g/mol. The Morgan fingerprint density at radius 3 is 2.29 bits per heavy atom. The number of aromatic amines is 1. The van der Waals surface area contributed by atoms with Gasteiger partial charge in [-0.3, -0.25) is 0 Å². The number of H-pyrrole nitrogens is 1. The summed E-state index contributed by atoms with van der Waals surface area (Å²) in [6.07, 6.45) is 0. The number of benzene rings is 3. The van der Waals surface area contributed by atoms with Crippen molar-refractivity contribution in [3.8, 4) is 22.9 Å². The number of hydrogen-bond acceptors (Lipinski definition) is 2. The van der Waals surface area contributed by atoms with Crippen molar-refractivity contribution < 1.29 is 4.74 Å². The van der Waals surface area contributed by atoms with Crippen molar-refractivity contribution in [3.63, 3.8) is 0 Å². The van der Waals surface area contributed by atoms with Crippen LogP contribution in [0.2, 0.25) is 0 Å². The fourth-order valence-electron chi connectivity index (χ4n) is 2.68. The minimum absolute atomic E-state index is 0.818. The van der Waals surface area contributed by atoms with Crippen LogP contribution >= 0.6 is 0 Å². The summed E-state index contributed by atoms with van der Waals surface area (Å²) in [4.78, 5) is 7.96. The van der Waals surface area contributed by atoms with Crippen molar-refractivity contribution in [2.45, 2.75) is 13.8 Å². The molecule has 0 amide bonds. The van der Waals surface area contributed by atoms with E-state index in [0.717, 1.165) is 33.9 Å². The normalized spacial score (nSPS) is 10.9. The highest BCUT2D eigenvalue weighted by atomic mass is 16.5. The third kappa shape index (κ3) is 2.76. The van der Waals surface area contributed by atoms with Crippen LogP contribution in [0.5, 0.6) is 11.5 Å². The number of hydrogen-bond donors (Lipinski definition) is 1. The van der Waals surface area contributed by atoms with E-state index in [4.69, 9.17) is 4.74 Å². The Labute approximate surface area is 140 Å². The van der Waals surface area contributed by atoms with Gasteiger partial charge in [-0.15, -0.1) is 0 Å². The van der Waals surface area contributed by atoms with Gasteiger partial charge in [0.25, 0.3) is 0 Å². The van der Waals surface area contributed by atoms with E-state index in [9.17, 15) is 0 Å². The van der Waals surface area contributed by atoms with Crippen LogP contribution in [-0.2, 0) is 0 Å². The highest BCUT2D eigenvalue weighted by Gasteiger charge is 2.05. The summed E-state index contributed by atoms with van der Waals surface area (Å²) < 4.78 is 5.93. The third-order valence-corrected chi connectivity index (χ3v) is 4.23. The summed E-state index contributed by atoms with van der Waals surface area (Å²) in [6, 6.07) is 22.1. The summed E-state index contributed by atoms with van der Waals surface area (Å²) in [5.41, 5.74) is 5.55. The number of aromatic nitrogens is 2. The van der Waals surface area contributed by atoms with Gasteiger partial charge in [0, 0.05) is 5.56 Å². The molecule has 0 aliphatic heterocycles. The lowest BCUT2D eigenvalue weighted by atomic mass is 10.1. The molecular formula is C21H18N2O. The Kier molecular flexibility index (Phi) is 3.54. The van der Waals surface area contributed by atoms with Gasteiger partial charge in [0.1, 0.15) is 17.3 Å². The van der Waals surface area contributed by atoms with E-state index in [1.54, 1.807) is 0 Å². The van der Waals surface area contributed by atoms with E-state index in [-0.39, 0.29) is 0 Å². The lowest BCUT2D eigenvalue weighted by Gasteiger charge is -2.08. The molecule has 4 aromatic rings. The summed E-state index contributed by atoms with van der Waals surface area (Å²) >= 11 is 0. The molecule has 0 aliphatic rings. The molecule has 1 heterocycles. The SMILES string of the molecule is Cc1ccc(Oc2ccc(-c3nc4ccccc4[nH]3)cc2)cc1C. The van der Waals surface area contributed by atoms with Gasteiger partial charge in [-0.2, -0.15) is 0 Å². The van der Waals surface area contributed by atoms with Gasteiger partial charge in [0.05, 0.1) is 11.0 Å². The first-order valence-corrected chi connectivity index (χ1v) is 7.99. The second kappa shape index (κ2) is 5.85. The van der Waals surface area contributed by atoms with Crippen LogP contribution in [0.3, 0.4) is 0 Å². The van der Waals surface area contributed by atoms with Gasteiger partial charge >= 0.3 is 0 Å². The fraction of sp³-hybridized carbons (Fsp3) is 0.0952. The first kappa shape index (κ1) is 14.5.